The maximum Gasteiger partial charge on any atom is 0.422 e. The number of benzene rings is 1. The van der Waals surface area contributed by atoms with Gasteiger partial charge in [-0.15, -0.1) is 0 Å². The van der Waals surface area contributed by atoms with Gasteiger partial charge in [-0.2, -0.15) is 13.2 Å². The normalized spacial score (nSPS) is 14.5. The lowest BCUT2D eigenvalue weighted by Crippen LogP contribution is -2.38. The van der Waals surface area contributed by atoms with Crippen molar-refractivity contribution in [3.05, 3.63) is 29.8 Å². The molecular weight excluding hydrogens is 373 g/mol. The van der Waals surface area contributed by atoms with E-state index in [1.54, 1.807) is 12.1 Å². The van der Waals surface area contributed by atoms with Gasteiger partial charge in [0, 0.05) is 25.6 Å². The zero-order valence-corrected chi connectivity index (χ0v) is 15.9. The van der Waals surface area contributed by atoms with E-state index in [-0.39, 0.29) is 11.7 Å². The number of hydrogen-bond donors (Lipinski definition) is 3. The number of alkyl halides is 3. The number of hydrogen-bond acceptors (Lipinski definition) is 3. The van der Waals surface area contributed by atoms with E-state index in [9.17, 15) is 18.0 Å². The number of carbonyl (C=O) groups excluding carboxylic acids is 1. The van der Waals surface area contributed by atoms with E-state index in [1.807, 2.05) is 6.92 Å². The van der Waals surface area contributed by atoms with Crippen molar-refractivity contribution in [2.75, 3.05) is 19.7 Å². The Morgan fingerprint density at radius 3 is 2.54 bits per heavy atom. The maximum atomic E-state index is 12.2. The number of guanidine groups is 1. The summed E-state index contributed by atoms with van der Waals surface area (Å²) in [6.07, 6.45) is -1.02. The summed E-state index contributed by atoms with van der Waals surface area (Å²) in [5.41, 5.74) is 0.848. The van der Waals surface area contributed by atoms with Crippen molar-refractivity contribution in [2.24, 2.45) is 4.99 Å². The number of halogens is 3. The minimum absolute atomic E-state index is 0.0825. The van der Waals surface area contributed by atoms with Crippen LogP contribution in [0.1, 0.15) is 38.2 Å². The molecule has 1 aliphatic rings. The fraction of sp³-hybridized carbons (Fsp3) is 0.579. The molecule has 2 rings (SSSR count). The summed E-state index contributed by atoms with van der Waals surface area (Å²) >= 11 is 0. The Hall–Kier alpha value is -2.45. The molecule has 1 aliphatic carbocycles. The second kappa shape index (κ2) is 10.8. The van der Waals surface area contributed by atoms with Crippen LogP contribution < -0.4 is 20.7 Å². The average Bonchev–Trinajstić information content (AvgIpc) is 3.45. The highest BCUT2D eigenvalue weighted by molar-refractivity contribution is 5.80. The molecule has 0 unspecified atom stereocenters. The number of nitrogens with zero attached hydrogens (tertiary/aromatic N) is 1. The van der Waals surface area contributed by atoms with Gasteiger partial charge >= 0.3 is 6.18 Å². The number of aliphatic imine (C=N–C) groups is 1. The minimum atomic E-state index is -4.35. The molecule has 0 heterocycles. The summed E-state index contributed by atoms with van der Waals surface area (Å²) < 4.78 is 41.1. The van der Waals surface area contributed by atoms with Gasteiger partial charge in [0.2, 0.25) is 5.91 Å². The van der Waals surface area contributed by atoms with Gasteiger partial charge in [-0.3, -0.25) is 4.79 Å². The molecule has 1 saturated carbocycles. The zero-order chi connectivity index (χ0) is 20.4. The van der Waals surface area contributed by atoms with E-state index in [4.69, 9.17) is 0 Å². The van der Waals surface area contributed by atoms with Crippen LogP contribution in [0.3, 0.4) is 0 Å². The molecule has 1 aromatic carbocycles. The number of ether oxygens (including phenoxy) is 1. The second-order valence-electron chi connectivity index (χ2n) is 6.62. The molecule has 0 radical (unpaired) electrons. The van der Waals surface area contributed by atoms with E-state index in [0.29, 0.717) is 44.5 Å². The lowest BCUT2D eigenvalue weighted by molar-refractivity contribution is -0.153. The smallest absolute Gasteiger partial charge is 0.422 e. The van der Waals surface area contributed by atoms with Crippen molar-refractivity contribution in [3.8, 4) is 5.75 Å². The predicted octanol–water partition coefficient (Wildman–Crippen LogP) is 2.74. The molecule has 0 saturated heterocycles. The van der Waals surface area contributed by atoms with Gasteiger partial charge in [-0.1, -0.05) is 12.1 Å². The van der Waals surface area contributed by atoms with Crippen LogP contribution in [0.25, 0.3) is 0 Å². The summed E-state index contributed by atoms with van der Waals surface area (Å²) in [6, 6.07) is 6.73. The first-order chi connectivity index (χ1) is 13.4. The lowest BCUT2D eigenvalue weighted by Gasteiger charge is -2.12. The van der Waals surface area contributed by atoms with Gasteiger partial charge in [0.05, 0.1) is 6.54 Å². The summed E-state index contributed by atoms with van der Waals surface area (Å²) in [7, 11) is 0. The van der Waals surface area contributed by atoms with E-state index < -0.39 is 12.8 Å². The van der Waals surface area contributed by atoms with Crippen LogP contribution >= 0.6 is 0 Å². The Morgan fingerprint density at radius 2 is 1.93 bits per heavy atom. The van der Waals surface area contributed by atoms with Gasteiger partial charge in [-0.05, 0) is 43.9 Å². The number of nitrogens with one attached hydrogen (secondary N) is 3. The number of rotatable bonds is 10. The third-order valence-electron chi connectivity index (χ3n) is 3.91. The van der Waals surface area contributed by atoms with E-state index in [1.165, 1.54) is 12.1 Å². The van der Waals surface area contributed by atoms with Gasteiger partial charge in [0.1, 0.15) is 5.75 Å². The molecule has 1 amide bonds. The Labute approximate surface area is 162 Å². The van der Waals surface area contributed by atoms with Gasteiger partial charge < -0.3 is 20.7 Å². The molecule has 0 aliphatic heterocycles. The fourth-order valence-electron chi connectivity index (χ4n) is 2.35. The third kappa shape index (κ3) is 9.48. The van der Waals surface area contributed by atoms with Gasteiger partial charge in [-0.25, -0.2) is 4.99 Å². The zero-order valence-electron chi connectivity index (χ0n) is 15.9. The SMILES string of the molecule is CCNC(=NCc1ccc(OCC(F)(F)F)cc1)NCCCC(=O)NC1CC1. The van der Waals surface area contributed by atoms with Crippen LogP contribution in [0.5, 0.6) is 5.75 Å². The highest BCUT2D eigenvalue weighted by Gasteiger charge is 2.28. The predicted molar refractivity (Wildman–Crippen MR) is 101 cm³/mol. The molecule has 1 aromatic rings. The first kappa shape index (κ1) is 21.8. The monoisotopic (exact) mass is 400 g/mol. The van der Waals surface area contributed by atoms with E-state index in [2.05, 4.69) is 25.7 Å². The summed E-state index contributed by atoms with van der Waals surface area (Å²) in [6.45, 7) is 2.33. The molecule has 0 atom stereocenters. The van der Waals surface area contributed by atoms with Gasteiger partial charge in [0.25, 0.3) is 0 Å². The average molecular weight is 400 g/mol. The molecule has 0 aromatic heterocycles. The van der Waals surface area contributed by atoms with Crippen LogP contribution in [0.2, 0.25) is 0 Å². The van der Waals surface area contributed by atoms with Crippen molar-refractivity contribution in [3.63, 3.8) is 0 Å². The van der Waals surface area contributed by atoms with E-state index >= 15 is 0 Å². The largest absolute Gasteiger partial charge is 0.484 e. The highest BCUT2D eigenvalue weighted by atomic mass is 19.4. The molecular formula is C19H27F3N4O2. The molecule has 3 N–H and O–H groups in total. The molecule has 28 heavy (non-hydrogen) atoms. The van der Waals surface area contributed by atoms with Crippen molar-refractivity contribution >= 4 is 11.9 Å². The van der Waals surface area contributed by atoms with E-state index in [0.717, 1.165) is 18.4 Å². The van der Waals surface area contributed by atoms with Crippen LogP contribution in [-0.4, -0.2) is 43.8 Å². The third-order valence-corrected chi connectivity index (χ3v) is 3.91. The maximum absolute atomic E-state index is 12.2. The van der Waals surface area contributed by atoms with Crippen LogP contribution in [0, 0.1) is 0 Å². The van der Waals surface area contributed by atoms with Crippen molar-refractivity contribution in [2.45, 2.75) is 51.4 Å². The van der Waals surface area contributed by atoms with Crippen LogP contribution in [-0.2, 0) is 11.3 Å². The Balaban J connectivity index is 1.73. The summed E-state index contributed by atoms with van der Waals surface area (Å²) in [5.74, 6) is 0.876. The Kier molecular flexibility index (Phi) is 8.41. The first-order valence-corrected chi connectivity index (χ1v) is 9.46. The van der Waals surface area contributed by atoms with Crippen LogP contribution in [0.4, 0.5) is 13.2 Å². The minimum Gasteiger partial charge on any atom is -0.484 e. The molecule has 0 bridgehead atoms. The van der Waals surface area contributed by atoms with Gasteiger partial charge in [0.15, 0.2) is 12.6 Å². The van der Waals surface area contributed by atoms with Crippen molar-refractivity contribution in [1.29, 1.82) is 0 Å². The quantitative estimate of drug-likeness (QED) is 0.321. The first-order valence-electron chi connectivity index (χ1n) is 9.46. The lowest BCUT2D eigenvalue weighted by atomic mass is 10.2. The molecule has 9 heteroatoms. The number of amides is 1. The van der Waals surface area contributed by atoms with Crippen molar-refractivity contribution in [1.82, 2.24) is 16.0 Å². The topological polar surface area (TPSA) is 74.8 Å². The summed E-state index contributed by atoms with van der Waals surface area (Å²) in [4.78, 5) is 16.1. The molecule has 156 valence electrons. The number of carbonyl (C=O) groups is 1. The fourth-order valence-corrected chi connectivity index (χ4v) is 2.35. The second-order valence-corrected chi connectivity index (χ2v) is 6.62. The van der Waals surface area contributed by atoms with Crippen LogP contribution in [0.15, 0.2) is 29.3 Å². The standard InChI is InChI=1S/C19H27F3N4O2/c1-2-23-18(24-11-3-4-17(27)26-15-7-8-15)25-12-14-5-9-16(10-6-14)28-13-19(20,21)22/h5-6,9-10,15H,2-4,7-8,11-13H2,1H3,(H,26,27)(H2,23,24,25). The Morgan fingerprint density at radius 1 is 1.21 bits per heavy atom. The van der Waals surface area contributed by atoms with Crippen molar-refractivity contribution < 1.29 is 22.7 Å². The molecule has 1 fully saturated rings. The summed E-state index contributed by atoms with van der Waals surface area (Å²) in [5, 5.41) is 9.24. The molecule has 0 spiro atoms. The Bertz CT molecular complexity index is 644. The highest BCUT2D eigenvalue weighted by Crippen LogP contribution is 2.19. The molecule has 6 nitrogen and oxygen atoms in total.